The summed E-state index contributed by atoms with van der Waals surface area (Å²) in [4.78, 5) is 29.8. The van der Waals surface area contributed by atoms with E-state index >= 15 is 0 Å². The van der Waals surface area contributed by atoms with Crippen LogP contribution in [0.3, 0.4) is 0 Å². The smallest absolute Gasteiger partial charge is 0.253 e. The number of anilines is 2. The number of hydrogen-bond acceptors (Lipinski definition) is 4. The molecule has 1 aromatic heterocycles. The molecule has 0 bridgehead atoms. The lowest BCUT2D eigenvalue weighted by Gasteiger charge is -2.32. The van der Waals surface area contributed by atoms with Crippen molar-refractivity contribution in [1.82, 2.24) is 14.7 Å². The summed E-state index contributed by atoms with van der Waals surface area (Å²) in [5.74, 6) is -0.330. The molecule has 1 aliphatic heterocycles. The van der Waals surface area contributed by atoms with E-state index in [1.165, 1.54) is 12.1 Å². The maximum absolute atomic E-state index is 13.3. The minimum atomic E-state index is -0.262. The molecule has 40 heavy (non-hydrogen) atoms. The lowest BCUT2D eigenvalue weighted by molar-refractivity contribution is -0.115. The Bertz CT molecular complexity index is 1470. The molecule has 0 radical (unpaired) electrons. The number of halogens is 1. The Labute approximate surface area is 234 Å². The standard InChI is InChI=1S/C32H34FN5O2/c1-36(2)30-9-5-8-26(19-30)32(40)37-16-14-29(15-17-37)38-22-28(21-34-38)35-31(39)20-25-7-4-3-6-24(25)18-23-10-12-27(33)13-11-23/h3-13,19,21-22,29H,14-18,20H2,1-2H3,(H,35,39). The molecular formula is C32H34FN5O2. The van der Waals surface area contributed by atoms with E-state index in [0.717, 1.165) is 35.2 Å². The second kappa shape index (κ2) is 12.2. The molecule has 0 saturated carbocycles. The predicted molar refractivity (Wildman–Crippen MR) is 155 cm³/mol. The molecule has 1 fully saturated rings. The SMILES string of the molecule is CN(C)c1cccc(C(=O)N2CCC(n3cc(NC(=O)Cc4ccccc4Cc4ccc(F)cc4)cn3)CC2)c1. The van der Waals surface area contributed by atoms with Gasteiger partial charge in [0.15, 0.2) is 0 Å². The Kier molecular flexibility index (Phi) is 8.24. The minimum Gasteiger partial charge on any atom is -0.378 e. The molecule has 4 aromatic rings. The predicted octanol–water partition coefficient (Wildman–Crippen LogP) is 5.34. The van der Waals surface area contributed by atoms with Gasteiger partial charge in [-0.1, -0.05) is 42.5 Å². The summed E-state index contributed by atoms with van der Waals surface area (Å²) in [7, 11) is 3.93. The molecule has 1 saturated heterocycles. The van der Waals surface area contributed by atoms with Crippen LogP contribution in [0.25, 0.3) is 0 Å². The third kappa shape index (κ3) is 6.57. The lowest BCUT2D eigenvalue weighted by Crippen LogP contribution is -2.39. The number of benzene rings is 3. The van der Waals surface area contributed by atoms with Crippen LogP contribution in [0.5, 0.6) is 0 Å². The lowest BCUT2D eigenvalue weighted by atomic mass is 9.97. The quantitative estimate of drug-likeness (QED) is 0.328. The summed E-state index contributed by atoms with van der Waals surface area (Å²) in [6, 6.07) is 22.1. The molecule has 0 aliphatic carbocycles. The van der Waals surface area contributed by atoms with Crippen LogP contribution in [0.2, 0.25) is 0 Å². The molecule has 2 heterocycles. The number of amides is 2. The van der Waals surface area contributed by atoms with Gasteiger partial charge in [0.2, 0.25) is 5.91 Å². The minimum absolute atomic E-state index is 0.0512. The number of aromatic nitrogens is 2. The van der Waals surface area contributed by atoms with E-state index in [4.69, 9.17) is 0 Å². The number of nitrogens with one attached hydrogen (secondary N) is 1. The fourth-order valence-electron chi connectivity index (χ4n) is 5.14. The van der Waals surface area contributed by atoms with Crippen LogP contribution in [0, 0.1) is 5.82 Å². The molecule has 2 amide bonds. The molecule has 0 unspecified atom stereocenters. The van der Waals surface area contributed by atoms with Gasteiger partial charge in [-0.3, -0.25) is 14.3 Å². The van der Waals surface area contributed by atoms with Crippen LogP contribution in [-0.2, 0) is 17.6 Å². The maximum Gasteiger partial charge on any atom is 0.253 e. The number of carbonyl (C=O) groups is 2. The van der Waals surface area contributed by atoms with Gasteiger partial charge in [-0.15, -0.1) is 0 Å². The van der Waals surface area contributed by atoms with Crippen molar-refractivity contribution in [2.75, 3.05) is 37.4 Å². The number of hydrogen-bond donors (Lipinski definition) is 1. The van der Waals surface area contributed by atoms with Gasteiger partial charge in [-0.2, -0.15) is 5.10 Å². The topological polar surface area (TPSA) is 70.5 Å². The third-order valence-electron chi connectivity index (χ3n) is 7.40. The van der Waals surface area contributed by atoms with Crippen molar-refractivity contribution in [3.63, 3.8) is 0 Å². The highest BCUT2D eigenvalue weighted by Gasteiger charge is 2.25. The van der Waals surface area contributed by atoms with Gasteiger partial charge in [0.25, 0.3) is 5.91 Å². The van der Waals surface area contributed by atoms with Gasteiger partial charge >= 0.3 is 0 Å². The first kappa shape index (κ1) is 27.1. The van der Waals surface area contributed by atoms with Gasteiger partial charge in [0.1, 0.15) is 5.82 Å². The van der Waals surface area contributed by atoms with E-state index in [1.807, 2.05) is 83.3 Å². The first-order valence-electron chi connectivity index (χ1n) is 13.6. The fraction of sp³-hybridized carbons (Fsp3) is 0.281. The Balaban J connectivity index is 1.15. The Morgan fingerprint density at radius 1 is 0.975 bits per heavy atom. The first-order valence-corrected chi connectivity index (χ1v) is 13.6. The molecule has 7 nitrogen and oxygen atoms in total. The van der Waals surface area contributed by atoms with Gasteiger partial charge in [0, 0.05) is 44.6 Å². The Morgan fingerprint density at radius 3 is 2.42 bits per heavy atom. The first-order chi connectivity index (χ1) is 19.4. The van der Waals surface area contributed by atoms with Crippen LogP contribution >= 0.6 is 0 Å². The average Bonchev–Trinajstić information content (AvgIpc) is 3.43. The molecule has 5 rings (SSSR count). The van der Waals surface area contributed by atoms with Crippen molar-refractivity contribution < 1.29 is 14.0 Å². The maximum atomic E-state index is 13.3. The van der Waals surface area contributed by atoms with Crippen molar-refractivity contribution in [3.8, 4) is 0 Å². The highest BCUT2D eigenvalue weighted by molar-refractivity contribution is 5.95. The summed E-state index contributed by atoms with van der Waals surface area (Å²) < 4.78 is 15.2. The Hall–Kier alpha value is -4.46. The van der Waals surface area contributed by atoms with Crippen LogP contribution in [0.1, 0.15) is 45.9 Å². The highest BCUT2D eigenvalue weighted by Crippen LogP contribution is 2.25. The van der Waals surface area contributed by atoms with Crippen molar-refractivity contribution in [3.05, 3.63) is 113 Å². The van der Waals surface area contributed by atoms with Gasteiger partial charge in [-0.05, 0) is 66.3 Å². The summed E-state index contributed by atoms with van der Waals surface area (Å²) >= 11 is 0. The summed E-state index contributed by atoms with van der Waals surface area (Å²) in [5, 5.41) is 7.47. The van der Waals surface area contributed by atoms with Gasteiger partial charge in [-0.25, -0.2) is 4.39 Å². The van der Waals surface area contributed by atoms with E-state index in [-0.39, 0.29) is 30.1 Å². The van der Waals surface area contributed by atoms with E-state index in [2.05, 4.69) is 10.4 Å². The monoisotopic (exact) mass is 539 g/mol. The molecule has 3 aromatic carbocycles. The fourth-order valence-corrected chi connectivity index (χ4v) is 5.14. The van der Waals surface area contributed by atoms with E-state index in [1.54, 1.807) is 18.3 Å². The largest absolute Gasteiger partial charge is 0.378 e. The van der Waals surface area contributed by atoms with E-state index in [9.17, 15) is 14.0 Å². The number of carbonyl (C=O) groups excluding carboxylic acids is 2. The summed E-state index contributed by atoms with van der Waals surface area (Å²) in [6.45, 7) is 1.31. The van der Waals surface area contributed by atoms with Crippen molar-refractivity contribution in [2.45, 2.75) is 31.7 Å². The zero-order chi connectivity index (χ0) is 28.1. The molecule has 8 heteroatoms. The molecule has 1 aliphatic rings. The number of likely N-dealkylation sites (tertiary alicyclic amines) is 1. The van der Waals surface area contributed by atoms with Crippen molar-refractivity contribution in [2.24, 2.45) is 0 Å². The number of rotatable bonds is 8. The number of piperidine rings is 1. The molecule has 0 spiro atoms. The van der Waals surface area contributed by atoms with Crippen LogP contribution in [0.4, 0.5) is 15.8 Å². The van der Waals surface area contributed by atoms with Crippen LogP contribution in [-0.4, -0.2) is 53.7 Å². The van der Waals surface area contributed by atoms with Crippen molar-refractivity contribution >= 4 is 23.2 Å². The molecular weight excluding hydrogens is 505 g/mol. The summed E-state index contributed by atoms with van der Waals surface area (Å²) in [5.41, 5.74) is 5.32. The molecule has 1 N–H and O–H groups in total. The zero-order valence-electron chi connectivity index (χ0n) is 22.9. The highest BCUT2D eigenvalue weighted by atomic mass is 19.1. The zero-order valence-corrected chi connectivity index (χ0v) is 22.9. The van der Waals surface area contributed by atoms with Gasteiger partial charge < -0.3 is 15.1 Å². The third-order valence-corrected chi connectivity index (χ3v) is 7.40. The van der Waals surface area contributed by atoms with Crippen LogP contribution < -0.4 is 10.2 Å². The van der Waals surface area contributed by atoms with Gasteiger partial charge in [0.05, 0.1) is 24.3 Å². The van der Waals surface area contributed by atoms with E-state index in [0.29, 0.717) is 30.8 Å². The molecule has 0 atom stereocenters. The van der Waals surface area contributed by atoms with E-state index < -0.39 is 0 Å². The average molecular weight is 540 g/mol. The van der Waals surface area contributed by atoms with Crippen LogP contribution in [0.15, 0.2) is 85.2 Å². The molecule has 206 valence electrons. The Morgan fingerprint density at radius 2 is 1.70 bits per heavy atom. The normalized spacial score (nSPS) is 13.7. The van der Waals surface area contributed by atoms with Crippen molar-refractivity contribution in [1.29, 1.82) is 0 Å². The second-order valence-corrected chi connectivity index (χ2v) is 10.5. The second-order valence-electron chi connectivity index (χ2n) is 10.5. The number of nitrogens with zero attached hydrogens (tertiary/aromatic N) is 4. The summed E-state index contributed by atoms with van der Waals surface area (Å²) in [6.07, 6.45) is 6.00.